The molecule has 2 unspecified atom stereocenters. The molecule has 0 aliphatic carbocycles. The van der Waals surface area contributed by atoms with Gasteiger partial charge in [-0.2, -0.15) is 0 Å². The van der Waals surface area contributed by atoms with Gasteiger partial charge in [-0.3, -0.25) is 4.79 Å². The second kappa shape index (κ2) is 14.4. The molecular weight excluding hydrogens is 476 g/mol. The summed E-state index contributed by atoms with van der Waals surface area (Å²) in [5.74, 6) is 0.396. The summed E-state index contributed by atoms with van der Waals surface area (Å²) in [6.45, 7) is 12.5. The monoisotopic (exact) mass is 524 g/mol. The van der Waals surface area contributed by atoms with Gasteiger partial charge in [-0.05, 0) is 33.9 Å². The number of carbonyl (C=O) groups excluding carboxylic acids is 1. The lowest BCUT2D eigenvalue weighted by Crippen LogP contribution is -2.70. The molecule has 38 heavy (non-hydrogen) atoms. The second-order valence-electron chi connectivity index (χ2n) is 11.9. The van der Waals surface area contributed by atoms with Crippen LogP contribution in [0.2, 0.25) is 5.54 Å². The molecule has 0 fully saturated rings. The molecule has 0 saturated carbocycles. The minimum Gasteiger partial charge on any atom is -0.299 e. The zero-order valence-corrected chi connectivity index (χ0v) is 25.2. The molecular formula is C36H48OSi. The number of allylic oxidation sites excluding steroid dienone is 1. The first-order valence-corrected chi connectivity index (χ1v) is 16.7. The zero-order valence-electron chi connectivity index (χ0n) is 24.2. The molecule has 0 saturated heterocycles. The number of benzene rings is 3. The molecule has 0 amide bonds. The topological polar surface area (TPSA) is 17.1 Å². The van der Waals surface area contributed by atoms with E-state index in [4.69, 9.17) is 0 Å². The van der Waals surface area contributed by atoms with Crippen LogP contribution in [-0.2, 0) is 4.79 Å². The molecule has 0 aliphatic rings. The van der Waals surface area contributed by atoms with Gasteiger partial charge in [0.05, 0.1) is 0 Å². The van der Waals surface area contributed by atoms with Crippen LogP contribution in [0.5, 0.6) is 0 Å². The zero-order chi connectivity index (χ0) is 27.4. The molecule has 1 nitrogen and oxygen atoms in total. The van der Waals surface area contributed by atoms with Crippen molar-refractivity contribution >= 4 is 29.4 Å². The van der Waals surface area contributed by atoms with Crippen LogP contribution in [0.1, 0.15) is 79.1 Å². The highest BCUT2D eigenvalue weighted by Gasteiger charge is 2.46. The van der Waals surface area contributed by atoms with Gasteiger partial charge in [-0.25, -0.2) is 0 Å². The van der Waals surface area contributed by atoms with Crippen molar-refractivity contribution in [3.8, 4) is 0 Å². The number of unbranched alkanes of at least 4 members (excludes halogenated alkanes) is 3. The van der Waals surface area contributed by atoms with Crippen molar-refractivity contribution in [2.75, 3.05) is 0 Å². The van der Waals surface area contributed by atoms with Gasteiger partial charge in [-0.15, -0.1) is 6.58 Å². The summed E-state index contributed by atoms with van der Waals surface area (Å²) in [6, 6.07) is 33.9. The molecule has 0 aromatic heterocycles. The van der Waals surface area contributed by atoms with Gasteiger partial charge in [0.2, 0.25) is 0 Å². The lowest BCUT2D eigenvalue weighted by molar-refractivity contribution is -0.130. The molecule has 2 atom stereocenters. The van der Waals surface area contributed by atoms with Crippen molar-refractivity contribution in [1.82, 2.24) is 0 Å². The number of carbonyl (C=O) groups is 1. The minimum atomic E-state index is -2.42. The smallest absolute Gasteiger partial charge is 0.151 e. The number of hydrogen-bond acceptors (Lipinski definition) is 1. The van der Waals surface area contributed by atoms with Gasteiger partial charge in [0.15, 0.2) is 8.07 Å². The van der Waals surface area contributed by atoms with E-state index in [2.05, 4.69) is 125 Å². The highest BCUT2D eigenvalue weighted by atomic mass is 28.3. The standard InChI is InChI=1S/C36H48OSi/c1-6-8-9-13-27-34(29-28-30(20-7-2)35(37)36(3,4)5)38(31-21-14-10-15-22-31,32-23-16-11-17-24-32)33-25-18-12-19-26-33/h7,10-12,14-19,21-26,30,34H,2,6,8-9,13,20,27-29H2,1,3-5H3. The average Bonchev–Trinajstić information content (AvgIpc) is 2.94. The number of rotatable bonds is 15. The molecule has 202 valence electrons. The Balaban J connectivity index is 2.17. The van der Waals surface area contributed by atoms with Crippen LogP contribution < -0.4 is 15.6 Å². The van der Waals surface area contributed by atoms with Gasteiger partial charge in [0, 0.05) is 11.3 Å². The maximum absolute atomic E-state index is 13.5. The highest BCUT2D eigenvalue weighted by Crippen LogP contribution is 2.36. The molecule has 0 N–H and O–H groups in total. The number of Topliss-reactive ketones (excluding diaryl/α,β-unsaturated/α-hetero) is 1. The Morgan fingerprint density at radius 1 is 0.737 bits per heavy atom. The Hall–Kier alpha value is -2.71. The molecule has 0 radical (unpaired) electrons. The summed E-state index contributed by atoms with van der Waals surface area (Å²) in [7, 11) is -2.42. The van der Waals surface area contributed by atoms with Crippen molar-refractivity contribution in [1.29, 1.82) is 0 Å². The van der Waals surface area contributed by atoms with Crippen LogP contribution in [0.4, 0.5) is 0 Å². The van der Waals surface area contributed by atoms with Crippen molar-refractivity contribution in [3.05, 3.63) is 104 Å². The van der Waals surface area contributed by atoms with Crippen LogP contribution in [0.25, 0.3) is 0 Å². The Labute approximate surface area is 233 Å². The first-order chi connectivity index (χ1) is 18.4. The summed E-state index contributed by atoms with van der Waals surface area (Å²) in [6.07, 6.45) is 10.9. The van der Waals surface area contributed by atoms with Crippen molar-refractivity contribution in [3.63, 3.8) is 0 Å². The summed E-state index contributed by atoms with van der Waals surface area (Å²) in [5.41, 5.74) is 0.156. The number of ketones is 1. The Bertz CT molecular complexity index is 1000. The maximum atomic E-state index is 13.5. The Kier molecular flexibility index (Phi) is 11.3. The Morgan fingerprint density at radius 2 is 1.21 bits per heavy atom. The quantitative estimate of drug-likeness (QED) is 0.0850. The van der Waals surface area contributed by atoms with Crippen LogP contribution in [-0.4, -0.2) is 13.9 Å². The predicted molar refractivity (Wildman–Crippen MR) is 168 cm³/mol. The summed E-state index contributed by atoms with van der Waals surface area (Å²) in [4.78, 5) is 13.5. The molecule has 0 bridgehead atoms. The van der Waals surface area contributed by atoms with Crippen LogP contribution in [0.15, 0.2) is 104 Å². The van der Waals surface area contributed by atoms with E-state index in [1.165, 1.54) is 47.7 Å². The SMILES string of the molecule is C=CCC(CCC(CCCCCC)[Si](c1ccccc1)(c1ccccc1)c1ccccc1)C(=O)C(C)(C)C. The van der Waals surface area contributed by atoms with Crippen LogP contribution in [0.3, 0.4) is 0 Å². The third kappa shape index (κ3) is 7.23. The first-order valence-electron chi connectivity index (χ1n) is 14.7. The third-order valence-electron chi connectivity index (χ3n) is 8.13. The summed E-state index contributed by atoms with van der Waals surface area (Å²) >= 11 is 0. The molecule has 3 aromatic carbocycles. The van der Waals surface area contributed by atoms with Gasteiger partial charge < -0.3 is 0 Å². The van der Waals surface area contributed by atoms with E-state index in [9.17, 15) is 4.79 Å². The fourth-order valence-corrected chi connectivity index (χ4v) is 12.1. The van der Waals surface area contributed by atoms with Crippen molar-refractivity contribution in [2.24, 2.45) is 11.3 Å². The summed E-state index contributed by atoms with van der Waals surface area (Å²) in [5, 5.41) is 4.42. The first kappa shape index (κ1) is 29.8. The van der Waals surface area contributed by atoms with E-state index in [0.29, 0.717) is 11.3 Å². The maximum Gasteiger partial charge on any atom is 0.151 e. The van der Waals surface area contributed by atoms with Crippen LogP contribution in [0, 0.1) is 11.3 Å². The lowest BCUT2D eigenvalue weighted by Gasteiger charge is -2.42. The highest BCUT2D eigenvalue weighted by molar-refractivity contribution is 7.12. The fraction of sp³-hybridized carbons (Fsp3) is 0.417. The van der Waals surface area contributed by atoms with Gasteiger partial charge in [-0.1, -0.05) is 163 Å². The summed E-state index contributed by atoms with van der Waals surface area (Å²) < 4.78 is 0. The van der Waals surface area contributed by atoms with E-state index in [1.54, 1.807) is 0 Å². The van der Waals surface area contributed by atoms with E-state index in [-0.39, 0.29) is 11.3 Å². The third-order valence-corrected chi connectivity index (χ3v) is 13.7. The normalized spacial score (nSPS) is 13.6. The minimum absolute atomic E-state index is 0.0275. The van der Waals surface area contributed by atoms with E-state index in [1.807, 2.05) is 6.08 Å². The molecule has 0 spiro atoms. The van der Waals surface area contributed by atoms with Gasteiger partial charge >= 0.3 is 0 Å². The average molecular weight is 525 g/mol. The van der Waals surface area contributed by atoms with Crippen LogP contribution >= 0.6 is 0 Å². The van der Waals surface area contributed by atoms with Crippen molar-refractivity contribution < 1.29 is 4.79 Å². The van der Waals surface area contributed by atoms with E-state index in [0.717, 1.165) is 19.3 Å². The second-order valence-corrected chi connectivity index (χ2v) is 16.0. The lowest BCUT2D eigenvalue weighted by atomic mass is 9.79. The molecule has 3 aromatic rings. The molecule has 3 rings (SSSR count). The van der Waals surface area contributed by atoms with Crippen molar-refractivity contribution in [2.45, 2.75) is 84.6 Å². The van der Waals surface area contributed by atoms with E-state index >= 15 is 0 Å². The number of hydrogen-bond donors (Lipinski definition) is 0. The largest absolute Gasteiger partial charge is 0.299 e. The Morgan fingerprint density at radius 3 is 1.61 bits per heavy atom. The van der Waals surface area contributed by atoms with Gasteiger partial charge in [0.25, 0.3) is 0 Å². The van der Waals surface area contributed by atoms with E-state index < -0.39 is 8.07 Å². The van der Waals surface area contributed by atoms with Gasteiger partial charge in [0.1, 0.15) is 5.78 Å². The molecule has 0 heterocycles. The predicted octanol–water partition coefficient (Wildman–Crippen LogP) is 8.09. The fourth-order valence-electron chi connectivity index (χ4n) is 6.28. The molecule has 2 heteroatoms. The molecule has 0 aliphatic heterocycles.